The van der Waals surface area contributed by atoms with Crippen LogP contribution in [0.3, 0.4) is 0 Å². The monoisotopic (exact) mass is 277 g/mol. The van der Waals surface area contributed by atoms with Gasteiger partial charge in [-0.05, 0) is 30.2 Å². The van der Waals surface area contributed by atoms with Crippen molar-refractivity contribution in [2.45, 2.75) is 20.0 Å². The van der Waals surface area contributed by atoms with Crippen LogP contribution in [0.4, 0.5) is 4.39 Å². The smallest absolute Gasteiger partial charge is 0.329 e. The lowest BCUT2D eigenvalue weighted by Crippen LogP contribution is -2.40. The maximum atomic E-state index is 13.3. The van der Waals surface area contributed by atoms with Gasteiger partial charge in [-0.1, -0.05) is 6.07 Å². The molecule has 0 radical (unpaired) electrons. The maximum absolute atomic E-state index is 13.3. The largest absolute Gasteiger partial charge is 0.331 e. The molecule has 2 N–H and O–H groups in total. The Morgan fingerprint density at radius 3 is 2.70 bits per heavy atom. The summed E-state index contributed by atoms with van der Waals surface area (Å²) in [7, 11) is 0. The molecule has 6 heteroatoms. The minimum absolute atomic E-state index is 0.167. The number of benzene rings is 1. The Bertz CT molecular complexity index is 734. The van der Waals surface area contributed by atoms with Gasteiger partial charge in [0.1, 0.15) is 5.82 Å². The molecule has 2 rings (SSSR count). The summed E-state index contributed by atoms with van der Waals surface area (Å²) in [6.07, 6.45) is 1.42. The topological polar surface area (TPSA) is 70.0 Å². The van der Waals surface area contributed by atoms with Crippen LogP contribution in [0.25, 0.3) is 0 Å². The van der Waals surface area contributed by atoms with Gasteiger partial charge in [0.05, 0.1) is 6.54 Å². The van der Waals surface area contributed by atoms with Crippen molar-refractivity contribution in [1.82, 2.24) is 9.13 Å². The summed E-state index contributed by atoms with van der Waals surface area (Å²) < 4.78 is 15.7. The average molecular weight is 277 g/mol. The molecule has 1 aromatic heterocycles. The molecule has 0 fully saturated rings. The number of aryl methyl sites for hydroxylation is 1. The predicted molar refractivity (Wildman–Crippen MR) is 74.3 cm³/mol. The number of halogens is 1. The summed E-state index contributed by atoms with van der Waals surface area (Å²) in [5.74, 6) is -0.353. The third-order valence-corrected chi connectivity index (χ3v) is 3.14. The molecule has 0 bridgehead atoms. The van der Waals surface area contributed by atoms with Gasteiger partial charge in [0.15, 0.2) is 0 Å². The van der Waals surface area contributed by atoms with E-state index in [1.807, 2.05) is 6.92 Å². The Hall–Kier alpha value is -2.21. The molecule has 0 saturated heterocycles. The standard InChI is InChI=1S/C14H16FN3O2/c1-10-2-3-12(15)8-11(10)9-17-6-4-13(19)18(7-5-16)14(17)20/h2-4,6,8H,5,7,9,16H2,1H3. The fourth-order valence-corrected chi connectivity index (χ4v) is 2.01. The number of hydrogen-bond acceptors (Lipinski definition) is 3. The highest BCUT2D eigenvalue weighted by Crippen LogP contribution is 2.10. The normalized spacial score (nSPS) is 10.8. The van der Waals surface area contributed by atoms with Gasteiger partial charge >= 0.3 is 5.69 Å². The molecule has 0 unspecified atom stereocenters. The molecule has 0 atom stereocenters. The molecule has 0 aliphatic carbocycles. The summed E-state index contributed by atoms with van der Waals surface area (Å²) in [6.45, 7) is 2.43. The summed E-state index contributed by atoms with van der Waals surface area (Å²) in [4.78, 5) is 23.7. The van der Waals surface area contributed by atoms with Crippen LogP contribution in [0.15, 0.2) is 40.1 Å². The van der Waals surface area contributed by atoms with E-state index in [2.05, 4.69) is 0 Å². The van der Waals surface area contributed by atoms with Crippen LogP contribution in [-0.2, 0) is 13.1 Å². The summed E-state index contributed by atoms with van der Waals surface area (Å²) in [5, 5.41) is 0. The minimum Gasteiger partial charge on any atom is -0.329 e. The predicted octanol–water partition coefficient (Wildman–Crippen LogP) is 0.465. The van der Waals surface area contributed by atoms with E-state index in [-0.39, 0.29) is 31.0 Å². The van der Waals surface area contributed by atoms with Crippen LogP contribution < -0.4 is 17.0 Å². The number of nitrogens with zero attached hydrogens (tertiary/aromatic N) is 2. The molecule has 1 aromatic carbocycles. The fourth-order valence-electron chi connectivity index (χ4n) is 2.01. The van der Waals surface area contributed by atoms with Gasteiger partial charge in [-0.15, -0.1) is 0 Å². The molecule has 5 nitrogen and oxygen atoms in total. The lowest BCUT2D eigenvalue weighted by atomic mass is 10.1. The van der Waals surface area contributed by atoms with E-state index in [0.29, 0.717) is 5.56 Å². The minimum atomic E-state index is -0.438. The summed E-state index contributed by atoms with van der Waals surface area (Å²) in [5.41, 5.74) is 6.15. The van der Waals surface area contributed by atoms with Crippen molar-refractivity contribution in [2.75, 3.05) is 6.54 Å². The number of nitrogens with two attached hydrogens (primary N) is 1. The van der Waals surface area contributed by atoms with Gasteiger partial charge in [-0.25, -0.2) is 9.18 Å². The van der Waals surface area contributed by atoms with E-state index in [4.69, 9.17) is 5.73 Å². The van der Waals surface area contributed by atoms with Gasteiger partial charge in [0.25, 0.3) is 5.56 Å². The van der Waals surface area contributed by atoms with Crippen molar-refractivity contribution in [3.05, 3.63) is 68.2 Å². The Labute approximate surface area is 115 Å². The molecule has 2 aromatic rings. The van der Waals surface area contributed by atoms with E-state index in [0.717, 1.165) is 10.1 Å². The van der Waals surface area contributed by atoms with E-state index in [1.165, 1.54) is 29.0 Å². The zero-order valence-electron chi connectivity index (χ0n) is 11.2. The van der Waals surface area contributed by atoms with E-state index in [1.54, 1.807) is 6.07 Å². The zero-order valence-corrected chi connectivity index (χ0v) is 11.2. The van der Waals surface area contributed by atoms with Crippen molar-refractivity contribution in [2.24, 2.45) is 5.73 Å². The van der Waals surface area contributed by atoms with Crippen LogP contribution in [0.2, 0.25) is 0 Å². The quantitative estimate of drug-likeness (QED) is 0.883. The molecule has 20 heavy (non-hydrogen) atoms. The molecular formula is C14H16FN3O2. The second-order valence-electron chi connectivity index (χ2n) is 4.58. The molecule has 0 aliphatic heterocycles. The Balaban J connectivity index is 2.44. The summed E-state index contributed by atoms with van der Waals surface area (Å²) in [6, 6.07) is 5.73. The second kappa shape index (κ2) is 5.83. The molecule has 1 heterocycles. The molecule has 0 saturated carbocycles. The van der Waals surface area contributed by atoms with Crippen LogP contribution in [0, 0.1) is 12.7 Å². The second-order valence-corrected chi connectivity index (χ2v) is 4.58. The summed E-state index contributed by atoms with van der Waals surface area (Å²) >= 11 is 0. The third-order valence-electron chi connectivity index (χ3n) is 3.14. The van der Waals surface area contributed by atoms with Crippen LogP contribution in [-0.4, -0.2) is 15.7 Å². The first-order valence-electron chi connectivity index (χ1n) is 6.28. The first kappa shape index (κ1) is 14.2. The first-order valence-corrected chi connectivity index (χ1v) is 6.28. The number of rotatable bonds is 4. The Morgan fingerprint density at radius 1 is 1.25 bits per heavy atom. The number of hydrogen-bond donors (Lipinski definition) is 1. The van der Waals surface area contributed by atoms with Gasteiger partial charge in [-0.2, -0.15) is 0 Å². The lowest BCUT2D eigenvalue weighted by Gasteiger charge is -2.11. The van der Waals surface area contributed by atoms with Gasteiger partial charge < -0.3 is 5.73 Å². The maximum Gasteiger partial charge on any atom is 0.331 e. The van der Waals surface area contributed by atoms with Crippen LogP contribution in [0.1, 0.15) is 11.1 Å². The van der Waals surface area contributed by atoms with Gasteiger partial charge in [-0.3, -0.25) is 13.9 Å². The molecule has 0 aliphatic rings. The van der Waals surface area contributed by atoms with E-state index < -0.39 is 5.69 Å². The molecule has 0 spiro atoms. The first-order chi connectivity index (χ1) is 9.52. The fraction of sp³-hybridized carbons (Fsp3) is 0.286. The average Bonchev–Trinajstić information content (AvgIpc) is 2.42. The molecular weight excluding hydrogens is 261 g/mol. The molecule has 0 amide bonds. The van der Waals surface area contributed by atoms with E-state index >= 15 is 0 Å². The highest BCUT2D eigenvalue weighted by Gasteiger charge is 2.07. The van der Waals surface area contributed by atoms with Crippen molar-refractivity contribution in [3.63, 3.8) is 0 Å². The van der Waals surface area contributed by atoms with Crippen molar-refractivity contribution >= 4 is 0 Å². The SMILES string of the molecule is Cc1ccc(F)cc1Cn1ccc(=O)n(CCN)c1=O. The Morgan fingerprint density at radius 2 is 2.00 bits per heavy atom. The van der Waals surface area contributed by atoms with Crippen molar-refractivity contribution in [3.8, 4) is 0 Å². The van der Waals surface area contributed by atoms with Crippen molar-refractivity contribution in [1.29, 1.82) is 0 Å². The Kier molecular flexibility index (Phi) is 4.14. The highest BCUT2D eigenvalue weighted by atomic mass is 19.1. The third kappa shape index (κ3) is 2.85. The molecule has 106 valence electrons. The van der Waals surface area contributed by atoms with E-state index in [9.17, 15) is 14.0 Å². The van der Waals surface area contributed by atoms with Gasteiger partial charge in [0, 0.05) is 25.4 Å². The highest BCUT2D eigenvalue weighted by molar-refractivity contribution is 5.26. The zero-order chi connectivity index (χ0) is 14.7. The van der Waals surface area contributed by atoms with Gasteiger partial charge in [0.2, 0.25) is 0 Å². The van der Waals surface area contributed by atoms with Crippen molar-refractivity contribution < 1.29 is 4.39 Å². The number of aromatic nitrogens is 2. The van der Waals surface area contributed by atoms with Crippen LogP contribution in [0.5, 0.6) is 0 Å². The lowest BCUT2D eigenvalue weighted by molar-refractivity contribution is 0.575. The van der Waals surface area contributed by atoms with Crippen LogP contribution >= 0.6 is 0 Å².